The second-order valence-electron chi connectivity index (χ2n) is 6.53. The molecule has 0 radical (unpaired) electrons. The molecule has 1 aliphatic rings. The number of halogens is 1. The molecular formula is C17H27ClN2O. The Kier molecular flexibility index (Phi) is 6.53. The standard InChI is InChI=1S/C17H26N2O.ClH/c1-11(2)15-9-4-12(3)10-16(15)19-17(20)13-5-7-14(18)8-6-13;/h5-8,11-12,15-16H,4,9-10,18H2,1-3H3,(H,19,20);1H. The van der Waals surface area contributed by atoms with Crippen LogP contribution in [-0.4, -0.2) is 11.9 Å². The van der Waals surface area contributed by atoms with Gasteiger partial charge < -0.3 is 11.1 Å². The van der Waals surface area contributed by atoms with E-state index in [1.54, 1.807) is 24.3 Å². The van der Waals surface area contributed by atoms with Crippen molar-refractivity contribution in [3.05, 3.63) is 29.8 Å². The minimum atomic E-state index is 0. The average Bonchev–Trinajstić information content (AvgIpc) is 2.39. The van der Waals surface area contributed by atoms with Crippen LogP contribution in [0.5, 0.6) is 0 Å². The first-order valence-electron chi connectivity index (χ1n) is 7.63. The van der Waals surface area contributed by atoms with Gasteiger partial charge in [-0.05, 0) is 54.9 Å². The first-order valence-corrected chi connectivity index (χ1v) is 7.63. The van der Waals surface area contributed by atoms with Crippen LogP contribution in [0.25, 0.3) is 0 Å². The summed E-state index contributed by atoms with van der Waals surface area (Å²) >= 11 is 0. The van der Waals surface area contributed by atoms with Gasteiger partial charge in [-0.1, -0.05) is 27.2 Å². The van der Waals surface area contributed by atoms with Crippen LogP contribution in [0.2, 0.25) is 0 Å². The molecule has 1 fully saturated rings. The monoisotopic (exact) mass is 310 g/mol. The second-order valence-corrected chi connectivity index (χ2v) is 6.53. The molecule has 0 aliphatic heterocycles. The van der Waals surface area contributed by atoms with E-state index < -0.39 is 0 Å². The smallest absolute Gasteiger partial charge is 0.251 e. The largest absolute Gasteiger partial charge is 0.399 e. The fourth-order valence-electron chi connectivity index (χ4n) is 3.25. The first-order chi connectivity index (χ1) is 9.47. The molecule has 3 N–H and O–H groups in total. The zero-order valence-corrected chi connectivity index (χ0v) is 14.0. The highest BCUT2D eigenvalue weighted by Crippen LogP contribution is 2.33. The van der Waals surface area contributed by atoms with Gasteiger partial charge in [-0.25, -0.2) is 0 Å². The Morgan fingerprint density at radius 1 is 1.24 bits per heavy atom. The van der Waals surface area contributed by atoms with E-state index in [2.05, 4.69) is 26.1 Å². The summed E-state index contributed by atoms with van der Waals surface area (Å²) in [6, 6.07) is 7.43. The van der Waals surface area contributed by atoms with Crippen molar-refractivity contribution < 1.29 is 4.79 Å². The molecule has 1 saturated carbocycles. The summed E-state index contributed by atoms with van der Waals surface area (Å²) in [5.41, 5.74) is 7.04. The Morgan fingerprint density at radius 2 is 1.86 bits per heavy atom. The van der Waals surface area contributed by atoms with Gasteiger partial charge in [0.15, 0.2) is 0 Å². The third-order valence-corrected chi connectivity index (χ3v) is 4.51. The average molecular weight is 311 g/mol. The number of benzene rings is 1. The Morgan fingerprint density at radius 3 is 2.43 bits per heavy atom. The Labute approximate surface area is 134 Å². The summed E-state index contributed by atoms with van der Waals surface area (Å²) in [5.74, 6) is 1.92. The Balaban J connectivity index is 0.00000220. The number of nitrogens with one attached hydrogen (secondary N) is 1. The number of nitrogen functional groups attached to an aromatic ring is 1. The van der Waals surface area contributed by atoms with Crippen molar-refractivity contribution >= 4 is 24.0 Å². The molecule has 1 aliphatic carbocycles. The van der Waals surface area contributed by atoms with Crippen LogP contribution < -0.4 is 11.1 Å². The molecule has 3 unspecified atom stereocenters. The van der Waals surface area contributed by atoms with Crippen molar-refractivity contribution in [3.63, 3.8) is 0 Å². The summed E-state index contributed by atoms with van der Waals surface area (Å²) < 4.78 is 0. The maximum absolute atomic E-state index is 12.3. The van der Waals surface area contributed by atoms with Crippen LogP contribution in [-0.2, 0) is 0 Å². The van der Waals surface area contributed by atoms with Crippen molar-refractivity contribution in [1.82, 2.24) is 5.32 Å². The van der Waals surface area contributed by atoms with E-state index in [1.807, 2.05) is 0 Å². The number of nitrogens with two attached hydrogens (primary N) is 1. The third-order valence-electron chi connectivity index (χ3n) is 4.51. The number of amides is 1. The maximum atomic E-state index is 12.3. The van der Waals surface area contributed by atoms with Gasteiger partial charge in [-0.3, -0.25) is 4.79 Å². The lowest BCUT2D eigenvalue weighted by atomic mass is 9.74. The number of rotatable bonds is 3. The third kappa shape index (κ3) is 4.63. The quantitative estimate of drug-likeness (QED) is 0.832. The minimum absolute atomic E-state index is 0. The van der Waals surface area contributed by atoms with Gasteiger partial charge in [-0.15, -0.1) is 12.4 Å². The van der Waals surface area contributed by atoms with Crippen molar-refractivity contribution in [2.45, 2.75) is 46.1 Å². The molecule has 4 heteroatoms. The molecule has 2 rings (SSSR count). The molecule has 3 atom stereocenters. The Bertz CT molecular complexity index is 458. The van der Waals surface area contributed by atoms with Crippen LogP contribution in [0.4, 0.5) is 5.69 Å². The molecule has 3 nitrogen and oxygen atoms in total. The van der Waals surface area contributed by atoms with Gasteiger partial charge in [0.1, 0.15) is 0 Å². The van der Waals surface area contributed by atoms with E-state index in [-0.39, 0.29) is 18.3 Å². The predicted octanol–water partition coefficient (Wildman–Crippen LogP) is 3.88. The molecule has 118 valence electrons. The second kappa shape index (κ2) is 7.69. The molecule has 0 aromatic heterocycles. The van der Waals surface area contributed by atoms with Crippen molar-refractivity contribution in [1.29, 1.82) is 0 Å². The van der Waals surface area contributed by atoms with Gasteiger partial charge >= 0.3 is 0 Å². The SMILES string of the molecule is CC1CCC(C(C)C)C(NC(=O)c2ccc(N)cc2)C1.Cl. The number of hydrogen-bond donors (Lipinski definition) is 2. The maximum Gasteiger partial charge on any atom is 0.251 e. The van der Waals surface area contributed by atoms with Gasteiger partial charge in [0.2, 0.25) is 0 Å². The van der Waals surface area contributed by atoms with Crippen LogP contribution in [0, 0.1) is 17.8 Å². The fourth-order valence-corrected chi connectivity index (χ4v) is 3.25. The zero-order chi connectivity index (χ0) is 14.7. The summed E-state index contributed by atoms with van der Waals surface area (Å²) in [6.07, 6.45) is 3.58. The van der Waals surface area contributed by atoms with E-state index in [0.717, 1.165) is 6.42 Å². The molecule has 0 heterocycles. The van der Waals surface area contributed by atoms with Crippen LogP contribution in [0.15, 0.2) is 24.3 Å². The number of hydrogen-bond acceptors (Lipinski definition) is 2. The van der Waals surface area contributed by atoms with Crippen LogP contribution >= 0.6 is 12.4 Å². The molecule has 0 spiro atoms. The van der Waals surface area contributed by atoms with E-state index in [1.165, 1.54) is 12.8 Å². The van der Waals surface area contributed by atoms with E-state index in [4.69, 9.17) is 5.73 Å². The summed E-state index contributed by atoms with van der Waals surface area (Å²) in [7, 11) is 0. The van der Waals surface area contributed by atoms with Gasteiger partial charge in [0.25, 0.3) is 5.91 Å². The molecule has 1 aromatic carbocycles. The normalized spacial score (nSPS) is 25.2. The molecule has 1 amide bonds. The predicted molar refractivity (Wildman–Crippen MR) is 90.7 cm³/mol. The molecule has 0 bridgehead atoms. The highest BCUT2D eigenvalue weighted by atomic mass is 35.5. The topological polar surface area (TPSA) is 55.1 Å². The number of carbonyl (C=O) groups is 1. The summed E-state index contributed by atoms with van der Waals surface area (Å²) in [6.45, 7) is 6.78. The van der Waals surface area contributed by atoms with Crippen molar-refractivity contribution in [3.8, 4) is 0 Å². The number of carbonyl (C=O) groups excluding carboxylic acids is 1. The van der Waals surface area contributed by atoms with Gasteiger partial charge in [0, 0.05) is 17.3 Å². The fraction of sp³-hybridized carbons (Fsp3) is 0.588. The lowest BCUT2D eigenvalue weighted by Gasteiger charge is -2.37. The zero-order valence-electron chi connectivity index (χ0n) is 13.1. The van der Waals surface area contributed by atoms with E-state index >= 15 is 0 Å². The Hall–Kier alpha value is -1.22. The van der Waals surface area contributed by atoms with Crippen LogP contribution in [0.1, 0.15) is 50.4 Å². The number of anilines is 1. The minimum Gasteiger partial charge on any atom is -0.399 e. The molecular weight excluding hydrogens is 284 g/mol. The van der Waals surface area contributed by atoms with Gasteiger partial charge in [0.05, 0.1) is 0 Å². The molecule has 0 saturated heterocycles. The van der Waals surface area contributed by atoms with Crippen LogP contribution in [0.3, 0.4) is 0 Å². The van der Waals surface area contributed by atoms with Gasteiger partial charge in [-0.2, -0.15) is 0 Å². The van der Waals surface area contributed by atoms with E-state index in [9.17, 15) is 4.79 Å². The molecule has 21 heavy (non-hydrogen) atoms. The lowest BCUT2D eigenvalue weighted by molar-refractivity contribution is 0.0868. The van der Waals surface area contributed by atoms with Crippen molar-refractivity contribution in [2.75, 3.05) is 5.73 Å². The highest BCUT2D eigenvalue weighted by Gasteiger charge is 2.31. The lowest BCUT2D eigenvalue weighted by Crippen LogP contribution is -2.45. The highest BCUT2D eigenvalue weighted by molar-refractivity contribution is 5.94. The van der Waals surface area contributed by atoms with E-state index in [0.29, 0.717) is 35.0 Å². The summed E-state index contributed by atoms with van der Waals surface area (Å²) in [4.78, 5) is 12.3. The first kappa shape index (κ1) is 17.8. The van der Waals surface area contributed by atoms with Crippen molar-refractivity contribution in [2.24, 2.45) is 17.8 Å². The molecule has 1 aromatic rings. The summed E-state index contributed by atoms with van der Waals surface area (Å²) in [5, 5.41) is 3.24.